The van der Waals surface area contributed by atoms with Gasteiger partial charge in [0, 0.05) is 22.8 Å². The zero-order valence-electron chi connectivity index (χ0n) is 16.9. The fraction of sp³-hybridized carbons (Fsp3) is 0.217. The molecule has 0 aromatic heterocycles. The van der Waals surface area contributed by atoms with Crippen LogP contribution in [0.4, 0.5) is 11.4 Å². The van der Waals surface area contributed by atoms with Crippen molar-refractivity contribution < 1.29 is 24.0 Å². The second-order valence-corrected chi connectivity index (χ2v) is 7.38. The van der Waals surface area contributed by atoms with Crippen LogP contribution in [0.25, 0.3) is 10.8 Å². The number of carbonyl (C=O) groups is 2. The third-order valence-electron chi connectivity index (χ3n) is 5.28. The first kappa shape index (κ1) is 19.7. The van der Waals surface area contributed by atoms with E-state index in [-0.39, 0.29) is 25.2 Å². The van der Waals surface area contributed by atoms with Crippen LogP contribution in [0.15, 0.2) is 60.7 Å². The monoisotopic (exact) mass is 406 g/mol. The number of ether oxygens (including phenoxy) is 2. The number of nitrogens with one attached hydrogen (secondary N) is 3. The smallest absolute Gasteiger partial charge is 0.282 e. The van der Waals surface area contributed by atoms with Crippen molar-refractivity contribution in [3.63, 3.8) is 0 Å². The fourth-order valence-corrected chi connectivity index (χ4v) is 3.38. The number of amides is 2. The van der Waals surface area contributed by atoms with Crippen molar-refractivity contribution in [1.29, 1.82) is 0 Å². The van der Waals surface area contributed by atoms with Crippen LogP contribution in [0, 0.1) is 0 Å². The number of rotatable bonds is 6. The Morgan fingerprint density at radius 2 is 1.77 bits per heavy atom. The molecule has 7 nitrogen and oxygen atoms in total. The molecule has 1 aliphatic rings. The number of carbonyl (C=O) groups excluding carboxylic acids is 2. The summed E-state index contributed by atoms with van der Waals surface area (Å²) in [5.41, 5.74) is 1.40. The molecule has 0 bridgehead atoms. The lowest BCUT2D eigenvalue weighted by Crippen LogP contribution is -3.14. The molecule has 3 aromatic rings. The normalized spacial score (nSPS) is 14.2. The Morgan fingerprint density at radius 1 is 1.00 bits per heavy atom. The molecule has 0 aliphatic carbocycles. The summed E-state index contributed by atoms with van der Waals surface area (Å²) in [6, 6.07) is 18.5. The van der Waals surface area contributed by atoms with Gasteiger partial charge >= 0.3 is 0 Å². The molecule has 4 rings (SSSR count). The molecule has 3 aromatic carbocycles. The highest BCUT2D eigenvalue weighted by atomic mass is 16.7. The van der Waals surface area contributed by atoms with Crippen LogP contribution in [0.2, 0.25) is 0 Å². The van der Waals surface area contributed by atoms with Gasteiger partial charge in [0.15, 0.2) is 24.1 Å². The SMILES string of the molecule is C[C@H](C(=O)Nc1ccc2c(c1)OCO2)[NH+](C)CC(=O)Nc1cccc2ccccc12. The minimum Gasteiger partial charge on any atom is -0.454 e. The van der Waals surface area contributed by atoms with E-state index in [0.717, 1.165) is 21.4 Å². The quantitative estimate of drug-likeness (QED) is 0.585. The Hall–Kier alpha value is -3.58. The molecular weight excluding hydrogens is 382 g/mol. The van der Waals surface area contributed by atoms with E-state index < -0.39 is 6.04 Å². The van der Waals surface area contributed by atoms with Crippen LogP contribution >= 0.6 is 0 Å². The Morgan fingerprint density at radius 3 is 2.63 bits per heavy atom. The van der Waals surface area contributed by atoms with Crippen molar-refractivity contribution in [3.8, 4) is 11.5 Å². The average Bonchev–Trinajstić information content (AvgIpc) is 3.21. The third-order valence-corrected chi connectivity index (χ3v) is 5.28. The molecule has 2 atom stereocenters. The Labute approximate surface area is 174 Å². The van der Waals surface area contributed by atoms with E-state index in [0.29, 0.717) is 17.2 Å². The van der Waals surface area contributed by atoms with Gasteiger partial charge in [0.25, 0.3) is 11.8 Å². The first-order valence-electron chi connectivity index (χ1n) is 9.82. The lowest BCUT2D eigenvalue weighted by molar-refractivity contribution is -0.885. The Balaban J connectivity index is 1.36. The summed E-state index contributed by atoms with van der Waals surface area (Å²) in [4.78, 5) is 26.0. The molecule has 7 heteroatoms. The van der Waals surface area contributed by atoms with Gasteiger partial charge in [-0.1, -0.05) is 36.4 Å². The summed E-state index contributed by atoms with van der Waals surface area (Å²) in [6.45, 7) is 2.14. The highest BCUT2D eigenvalue weighted by Gasteiger charge is 2.25. The second-order valence-electron chi connectivity index (χ2n) is 7.38. The number of fused-ring (bicyclic) bond motifs is 2. The summed E-state index contributed by atoms with van der Waals surface area (Å²) < 4.78 is 10.6. The van der Waals surface area contributed by atoms with Crippen LogP contribution in [0.3, 0.4) is 0 Å². The van der Waals surface area contributed by atoms with Crippen LogP contribution in [-0.2, 0) is 9.59 Å². The van der Waals surface area contributed by atoms with Gasteiger partial charge in [0.05, 0.1) is 7.05 Å². The molecule has 0 saturated heterocycles. The van der Waals surface area contributed by atoms with Gasteiger partial charge in [0.2, 0.25) is 6.79 Å². The first-order valence-corrected chi connectivity index (χ1v) is 9.82. The maximum absolute atomic E-state index is 12.6. The fourth-order valence-electron chi connectivity index (χ4n) is 3.38. The van der Waals surface area contributed by atoms with E-state index in [1.807, 2.05) is 49.5 Å². The highest BCUT2D eigenvalue weighted by molar-refractivity contribution is 6.02. The van der Waals surface area contributed by atoms with E-state index in [2.05, 4.69) is 10.6 Å². The molecule has 1 unspecified atom stereocenters. The highest BCUT2D eigenvalue weighted by Crippen LogP contribution is 2.34. The number of hydrogen-bond acceptors (Lipinski definition) is 4. The molecule has 154 valence electrons. The van der Waals surface area contributed by atoms with E-state index in [4.69, 9.17) is 9.47 Å². The second kappa shape index (κ2) is 8.42. The lowest BCUT2D eigenvalue weighted by Gasteiger charge is -2.21. The van der Waals surface area contributed by atoms with Gasteiger partial charge in [-0.25, -0.2) is 0 Å². The van der Waals surface area contributed by atoms with Crippen molar-refractivity contribution in [1.82, 2.24) is 0 Å². The number of likely N-dealkylation sites (N-methyl/N-ethyl adjacent to an activating group) is 1. The molecule has 3 N–H and O–H groups in total. The maximum atomic E-state index is 12.6. The largest absolute Gasteiger partial charge is 0.454 e. The van der Waals surface area contributed by atoms with Crippen LogP contribution < -0.4 is 25.0 Å². The predicted octanol–water partition coefficient (Wildman–Crippen LogP) is 2.05. The van der Waals surface area contributed by atoms with Crippen molar-refractivity contribution in [2.24, 2.45) is 0 Å². The van der Waals surface area contributed by atoms with Crippen molar-refractivity contribution in [3.05, 3.63) is 60.7 Å². The number of benzene rings is 3. The van der Waals surface area contributed by atoms with Crippen LogP contribution in [0.5, 0.6) is 11.5 Å². The zero-order chi connectivity index (χ0) is 21.1. The van der Waals surface area contributed by atoms with Gasteiger partial charge in [-0.3, -0.25) is 9.59 Å². The number of anilines is 2. The third kappa shape index (κ3) is 4.21. The molecular formula is C23H24N3O4+. The lowest BCUT2D eigenvalue weighted by atomic mass is 10.1. The zero-order valence-corrected chi connectivity index (χ0v) is 16.9. The average molecular weight is 406 g/mol. The molecule has 0 spiro atoms. The number of hydrogen-bond donors (Lipinski definition) is 3. The van der Waals surface area contributed by atoms with Gasteiger partial charge in [-0.05, 0) is 30.5 Å². The predicted molar refractivity (Wildman–Crippen MR) is 115 cm³/mol. The van der Waals surface area contributed by atoms with Crippen LogP contribution in [-0.4, -0.2) is 38.2 Å². The van der Waals surface area contributed by atoms with Crippen molar-refractivity contribution in [2.45, 2.75) is 13.0 Å². The molecule has 2 amide bonds. The molecule has 1 heterocycles. The van der Waals surface area contributed by atoms with Gasteiger partial charge < -0.3 is 25.0 Å². The molecule has 0 radical (unpaired) electrons. The first-order chi connectivity index (χ1) is 14.5. The summed E-state index contributed by atoms with van der Waals surface area (Å²) in [7, 11) is 1.83. The van der Waals surface area contributed by atoms with Crippen molar-refractivity contribution >= 4 is 34.0 Å². The van der Waals surface area contributed by atoms with Crippen molar-refractivity contribution in [2.75, 3.05) is 31.0 Å². The summed E-state index contributed by atoms with van der Waals surface area (Å²) in [5, 5.41) is 7.89. The maximum Gasteiger partial charge on any atom is 0.282 e. The molecule has 0 saturated carbocycles. The van der Waals surface area contributed by atoms with E-state index in [1.54, 1.807) is 25.1 Å². The van der Waals surface area contributed by atoms with Gasteiger partial charge in [-0.2, -0.15) is 0 Å². The Bertz CT molecular complexity index is 1090. The van der Waals surface area contributed by atoms with Gasteiger partial charge in [-0.15, -0.1) is 0 Å². The minimum absolute atomic E-state index is 0.147. The van der Waals surface area contributed by atoms with E-state index in [1.165, 1.54) is 0 Å². The standard InChI is InChI=1S/C23H23N3O4/c1-15(23(28)24-17-10-11-20-21(12-17)30-14-29-20)26(2)13-22(27)25-19-9-5-7-16-6-3-4-8-18(16)19/h3-12,15H,13-14H2,1-2H3,(H,24,28)(H,25,27)/p+1/t15-/m1/s1. The summed E-state index contributed by atoms with van der Waals surface area (Å²) in [6.07, 6.45) is 0. The Kier molecular flexibility index (Phi) is 5.54. The summed E-state index contributed by atoms with van der Waals surface area (Å²) in [5.74, 6) is 0.945. The topological polar surface area (TPSA) is 81.1 Å². The van der Waals surface area contributed by atoms with E-state index in [9.17, 15) is 9.59 Å². The molecule has 30 heavy (non-hydrogen) atoms. The van der Waals surface area contributed by atoms with E-state index >= 15 is 0 Å². The summed E-state index contributed by atoms with van der Waals surface area (Å²) >= 11 is 0. The number of quaternary nitrogens is 1. The minimum atomic E-state index is -0.423. The molecule has 1 aliphatic heterocycles. The van der Waals surface area contributed by atoms with Crippen LogP contribution in [0.1, 0.15) is 6.92 Å². The van der Waals surface area contributed by atoms with Gasteiger partial charge in [0.1, 0.15) is 0 Å². The molecule has 0 fully saturated rings.